The first-order valence-corrected chi connectivity index (χ1v) is 6.37. The number of hydrogen-bond acceptors (Lipinski definition) is 2. The Morgan fingerprint density at radius 3 is 2.53 bits per heavy atom. The lowest BCUT2D eigenvalue weighted by molar-refractivity contribution is -0.137. The maximum Gasteiger partial charge on any atom is 0.416 e. The molecule has 102 valence electrons. The van der Waals surface area contributed by atoms with Crippen LogP contribution in [0.15, 0.2) is 39.2 Å². The first kappa shape index (κ1) is 14.3. The quantitative estimate of drug-likeness (QED) is 0.806. The summed E-state index contributed by atoms with van der Waals surface area (Å²) in [5.41, 5.74) is -0.379. The molecule has 2 rings (SSSR count). The second kappa shape index (κ2) is 5.46. The largest absolute Gasteiger partial charge is 0.448 e. The first-order valence-electron chi connectivity index (χ1n) is 5.20. The van der Waals surface area contributed by atoms with Crippen LogP contribution in [-0.4, -0.2) is 0 Å². The van der Waals surface area contributed by atoms with Gasteiger partial charge in [-0.1, -0.05) is 15.9 Å². The van der Waals surface area contributed by atoms with Crippen LogP contribution < -0.4 is 5.32 Å². The van der Waals surface area contributed by atoms with Gasteiger partial charge < -0.3 is 9.73 Å². The third-order valence-corrected chi connectivity index (χ3v) is 2.98. The van der Waals surface area contributed by atoms with E-state index >= 15 is 0 Å². The average Bonchev–Trinajstić information content (AvgIpc) is 2.71. The SMILES string of the molecule is FC(F)(F)c1cc(Br)cc(NCc2ccc(Cl)o2)c1. The van der Waals surface area contributed by atoms with Gasteiger partial charge in [-0.25, -0.2) is 0 Å². The number of hydrogen-bond donors (Lipinski definition) is 1. The molecule has 1 heterocycles. The van der Waals surface area contributed by atoms with E-state index in [1.165, 1.54) is 0 Å². The molecule has 0 radical (unpaired) electrons. The van der Waals surface area contributed by atoms with Crippen molar-refractivity contribution in [3.8, 4) is 0 Å². The molecule has 0 aliphatic heterocycles. The van der Waals surface area contributed by atoms with Crippen LogP contribution in [0.2, 0.25) is 5.22 Å². The summed E-state index contributed by atoms with van der Waals surface area (Å²) in [6.45, 7) is 0.250. The molecule has 7 heteroatoms. The Morgan fingerprint density at radius 2 is 1.95 bits per heavy atom. The van der Waals surface area contributed by atoms with E-state index in [1.54, 1.807) is 18.2 Å². The Bertz CT molecular complexity index is 583. The van der Waals surface area contributed by atoms with Gasteiger partial charge in [-0.05, 0) is 41.9 Å². The third kappa shape index (κ3) is 3.91. The number of rotatable bonds is 3. The molecule has 2 aromatic rings. The van der Waals surface area contributed by atoms with Crippen molar-refractivity contribution in [2.24, 2.45) is 0 Å². The fourth-order valence-electron chi connectivity index (χ4n) is 1.49. The van der Waals surface area contributed by atoms with Crippen molar-refractivity contribution in [1.29, 1.82) is 0 Å². The molecule has 0 amide bonds. The van der Waals surface area contributed by atoms with E-state index in [1.807, 2.05) is 0 Å². The van der Waals surface area contributed by atoms with Crippen molar-refractivity contribution in [3.63, 3.8) is 0 Å². The molecule has 0 saturated heterocycles. The van der Waals surface area contributed by atoms with Crippen molar-refractivity contribution in [3.05, 3.63) is 51.3 Å². The van der Waals surface area contributed by atoms with Gasteiger partial charge in [-0.15, -0.1) is 0 Å². The van der Waals surface area contributed by atoms with E-state index in [0.29, 0.717) is 15.9 Å². The number of halogens is 5. The molecule has 0 atom stereocenters. The Hall–Kier alpha value is -1.14. The fourth-order valence-corrected chi connectivity index (χ4v) is 2.15. The lowest BCUT2D eigenvalue weighted by Gasteiger charge is -2.11. The molecule has 0 aliphatic rings. The highest BCUT2D eigenvalue weighted by Gasteiger charge is 2.31. The average molecular weight is 355 g/mol. The molecule has 0 saturated carbocycles. The second-order valence-electron chi connectivity index (χ2n) is 3.79. The second-order valence-corrected chi connectivity index (χ2v) is 5.07. The number of anilines is 1. The molecule has 1 aromatic heterocycles. The highest BCUT2D eigenvalue weighted by molar-refractivity contribution is 9.10. The number of furan rings is 1. The summed E-state index contributed by atoms with van der Waals surface area (Å²) in [4.78, 5) is 0. The maximum absolute atomic E-state index is 12.6. The van der Waals surface area contributed by atoms with Crippen LogP contribution in [0.1, 0.15) is 11.3 Å². The molecule has 1 N–H and O–H groups in total. The standard InChI is InChI=1S/C12H8BrClF3NO/c13-8-3-7(12(15,16)17)4-9(5-8)18-6-10-1-2-11(14)19-10/h1-5,18H,6H2. The monoisotopic (exact) mass is 353 g/mol. The summed E-state index contributed by atoms with van der Waals surface area (Å²) in [6, 6.07) is 6.84. The lowest BCUT2D eigenvalue weighted by Crippen LogP contribution is -2.06. The predicted molar refractivity (Wildman–Crippen MR) is 70.2 cm³/mol. The minimum atomic E-state index is -4.38. The molecular weight excluding hydrogens is 346 g/mol. The zero-order valence-electron chi connectivity index (χ0n) is 9.39. The minimum absolute atomic E-state index is 0.238. The van der Waals surface area contributed by atoms with Gasteiger partial charge in [0.2, 0.25) is 0 Å². The van der Waals surface area contributed by atoms with E-state index in [0.717, 1.165) is 12.1 Å². The zero-order valence-corrected chi connectivity index (χ0v) is 11.7. The Labute approximate surface area is 120 Å². The summed E-state index contributed by atoms with van der Waals surface area (Å²) in [5.74, 6) is 0.540. The molecule has 19 heavy (non-hydrogen) atoms. The van der Waals surface area contributed by atoms with Crippen molar-refractivity contribution in [2.45, 2.75) is 12.7 Å². The number of alkyl halides is 3. The van der Waals surface area contributed by atoms with Gasteiger partial charge in [0, 0.05) is 10.2 Å². The molecule has 2 nitrogen and oxygen atoms in total. The Morgan fingerprint density at radius 1 is 1.21 bits per heavy atom. The van der Waals surface area contributed by atoms with Crippen LogP contribution in [0.3, 0.4) is 0 Å². The summed E-state index contributed by atoms with van der Waals surface area (Å²) >= 11 is 8.65. The highest BCUT2D eigenvalue weighted by atomic mass is 79.9. The topological polar surface area (TPSA) is 25.2 Å². The van der Waals surface area contributed by atoms with Crippen molar-refractivity contribution < 1.29 is 17.6 Å². The van der Waals surface area contributed by atoms with Gasteiger partial charge in [-0.3, -0.25) is 0 Å². The van der Waals surface area contributed by atoms with Gasteiger partial charge in [0.25, 0.3) is 0 Å². The first-order chi connectivity index (χ1) is 8.84. The Kier molecular flexibility index (Phi) is 4.10. The normalized spacial score (nSPS) is 11.6. The van der Waals surface area contributed by atoms with Crippen molar-refractivity contribution in [1.82, 2.24) is 0 Å². The van der Waals surface area contributed by atoms with Gasteiger partial charge in [0.1, 0.15) is 5.76 Å². The van der Waals surface area contributed by atoms with Crippen LogP contribution in [-0.2, 0) is 12.7 Å². The maximum atomic E-state index is 12.6. The fraction of sp³-hybridized carbons (Fsp3) is 0.167. The smallest absolute Gasteiger partial charge is 0.416 e. The van der Waals surface area contributed by atoms with Gasteiger partial charge in [0.05, 0.1) is 12.1 Å². The van der Waals surface area contributed by atoms with Gasteiger partial charge in [0.15, 0.2) is 5.22 Å². The van der Waals surface area contributed by atoms with Gasteiger partial charge >= 0.3 is 6.18 Å². The van der Waals surface area contributed by atoms with Crippen molar-refractivity contribution >= 4 is 33.2 Å². The molecule has 0 unspecified atom stereocenters. The molecule has 0 aliphatic carbocycles. The Balaban J connectivity index is 2.14. The van der Waals surface area contributed by atoms with Crippen LogP contribution >= 0.6 is 27.5 Å². The van der Waals surface area contributed by atoms with Crippen LogP contribution in [0.4, 0.5) is 18.9 Å². The van der Waals surface area contributed by atoms with E-state index in [4.69, 9.17) is 16.0 Å². The number of benzene rings is 1. The van der Waals surface area contributed by atoms with E-state index in [2.05, 4.69) is 21.2 Å². The molecular formula is C12H8BrClF3NO. The number of nitrogens with one attached hydrogen (secondary N) is 1. The molecule has 1 aromatic carbocycles. The van der Waals surface area contributed by atoms with E-state index in [9.17, 15) is 13.2 Å². The third-order valence-electron chi connectivity index (χ3n) is 2.32. The van der Waals surface area contributed by atoms with Crippen LogP contribution in [0, 0.1) is 0 Å². The zero-order chi connectivity index (χ0) is 14.0. The molecule has 0 fully saturated rings. The predicted octanol–water partition coefficient (Wildman–Crippen LogP) is 5.33. The van der Waals surface area contributed by atoms with Crippen LogP contribution in [0.25, 0.3) is 0 Å². The van der Waals surface area contributed by atoms with Crippen molar-refractivity contribution in [2.75, 3.05) is 5.32 Å². The van der Waals surface area contributed by atoms with E-state index < -0.39 is 11.7 Å². The molecule has 0 spiro atoms. The van der Waals surface area contributed by atoms with Crippen LogP contribution in [0.5, 0.6) is 0 Å². The van der Waals surface area contributed by atoms with Gasteiger partial charge in [-0.2, -0.15) is 13.2 Å². The summed E-state index contributed by atoms with van der Waals surface area (Å²) in [5, 5.41) is 3.08. The summed E-state index contributed by atoms with van der Waals surface area (Å²) in [6.07, 6.45) is -4.38. The van der Waals surface area contributed by atoms with E-state index in [-0.39, 0.29) is 11.8 Å². The highest BCUT2D eigenvalue weighted by Crippen LogP contribution is 2.33. The summed E-state index contributed by atoms with van der Waals surface area (Å²) in [7, 11) is 0. The lowest BCUT2D eigenvalue weighted by atomic mass is 10.2. The summed E-state index contributed by atoms with van der Waals surface area (Å²) < 4.78 is 43.3. The molecule has 0 bridgehead atoms. The minimum Gasteiger partial charge on any atom is -0.448 e.